The van der Waals surface area contributed by atoms with Crippen LogP contribution in [0.15, 0.2) is 0 Å². The second-order valence-corrected chi connectivity index (χ2v) is 10.0. The standard InChI is InChI=1S/C24H37N3O7S/c1-25-19(28)12-18(24(33)34)11-17-13-20(29)27(23(17)35)14-15-6-8-16(9-7-15)22(32)26-10-4-2-3-5-21(30)31/h15-18H,2-14H2,1H3,(H,25,28)(H,26,32)(H,30,31)(H,33,34). The zero-order chi connectivity index (χ0) is 26.0. The quantitative estimate of drug-likeness (QED) is 0.204. The van der Waals surface area contributed by atoms with Gasteiger partial charge >= 0.3 is 11.9 Å². The number of carbonyl (C=O) groups excluding carboxylic acids is 3. The molecule has 3 amide bonds. The molecule has 2 fully saturated rings. The molecule has 2 aliphatic rings. The molecule has 0 aromatic carbocycles. The van der Waals surface area contributed by atoms with Crippen LogP contribution < -0.4 is 10.6 Å². The van der Waals surface area contributed by atoms with Crippen LogP contribution >= 0.6 is 12.2 Å². The zero-order valence-corrected chi connectivity index (χ0v) is 21.1. The van der Waals surface area contributed by atoms with E-state index in [1.165, 1.54) is 7.05 Å². The molecule has 196 valence electrons. The highest BCUT2D eigenvalue weighted by molar-refractivity contribution is 7.80. The maximum absolute atomic E-state index is 12.6. The van der Waals surface area contributed by atoms with Gasteiger partial charge < -0.3 is 25.7 Å². The number of hydrogen-bond donors (Lipinski definition) is 4. The molecule has 1 heterocycles. The smallest absolute Gasteiger partial charge is 0.307 e. The van der Waals surface area contributed by atoms with Gasteiger partial charge in [-0.25, -0.2) is 0 Å². The summed E-state index contributed by atoms with van der Waals surface area (Å²) < 4.78 is 0. The molecule has 0 radical (unpaired) electrons. The Morgan fingerprint density at radius 2 is 1.77 bits per heavy atom. The van der Waals surface area contributed by atoms with E-state index in [2.05, 4.69) is 10.6 Å². The normalized spacial score (nSPS) is 23.1. The van der Waals surface area contributed by atoms with Crippen LogP contribution in [0.4, 0.5) is 0 Å². The highest BCUT2D eigenvalue weighted by atomic mass is 32.1. The molecule has 0 bridgehead atoms. The number of nitrogens with zero attached hydrogens (tertiary/aromatic N) is 1. The molecule has 11 heteroatoms. The van der Waals surface area contributed by atoms with Gasteiger partial charge in [0, 0.05) is 51.2 Å². The third kappa shape index (κ3) is 9.19. The lowest BCUT2D eigenvalue weighted by Crippen LogP contribution is -2.38. The molecule has 1 saturated carbocycles. The van der Waals surface area contributed by atoms with E-state index < -0.39 is 17.9 Å². The Bertz CT molecular complexity index is 811. The fourth-order valence-electron chi connectivity index (χ4n) is 4.87. The van der Waals surface area contributed by atoms with Crippen LogP contribution in [-0.2, 0) is 24.0 Å². The largest absolute Gasteiger partial charge is 0.481 e. The lowest BCUT2D eigenvalue weighted by Gasteiger charge is -2.31. The van der Waals surface area contributed by atoms with E-state index in [4.69, 9.17) is 17.3 Å². The van der Waals surface area contributed by atoms with Gasteiger partial charge in [-0.3, -0.25) is 24.0 Å². The van der Waals surface area contributed by atoms with Crippen molar-refractivity contribution in [3.63, 3.8) is 0 Å². The lowest BCUT2D eigenvalue weighted by molar-refractivity contribution is -0.144. The number of carboxylic acids is 2. The molecule has 0 aromatic heterocycles. The number of amides is 3. The van der Waals surface area contributed by atoms with E-state index in [1.54, 1.807) is 4.90 Å². The van der Waals surface area contributed by atoms with Crippen molar-refractivity contribution >= 4 is 46.9 Å². The van der Waals surface area contributed by atoms with Crippen molar-refractivity contribution in [1.82, 2.24) is 15.5 Å². The number of rotatable bonds is 14. The van der Waals surface area contributed by atoms with Gasteiger partial charge in [0.1, 0.15) is 0 Å². The van der Waals surface area contributed by atoms with Crippen molar-refractivity contribution in [2.24, 2.45) is 23.7 Å². The van der Waals surface area contributed by atoms with E-state index in [0.29, 0.717) is 24.5 Å². The van der Waals surface area contributed by atoms with Crippen LogP contribution in [-0.4, -0.2) is 69.9 Å². The van der Waals surface area contributed by atoms with Gasteiger partial charge in [-0.05, 0) is 50.9 Å². The molecule has 1 saturated heterocycles. The Morgan fingerprint density at radius 1 is 1.09 bits per heavy atom. The molecule has 35 heavy (non-hydrogen) atoms. The molecule has 0 aromatic rings. The summed E-state index contributed by atoms with van der Waals surface area (Å²) in [5.41, 5.74) is 0. The van der Waals surface area contributed by atoms with E-state index >= 15 is 0 Å². The van der Waals surface area contributed by atoms with Crippen LogP contribution in [0.3, 0.4) is 0 Å². The van der Waals surface area contributed by atoms with Crippen molar-refractivity contribution in [3.8, 4) is 0 Å². The van der Waals surface area contributed by atoms with Gasteiger partial charge in [-0.15, -0.1) is 0 Å². The van der Waals surface area contributed by atoms with Crippen molar-refractivity contribution in [3.05, 3.63) is 0 Å². The minimum Gasteiger partial charge on any atom is -0.481 e. The van der Waals surface area contributed by atoms with Gasteiger partial charge in [0.2, 0.25) is 17.7 Å². The van der Waals surface area contributed by atoms with E-state index in [0.717, 1.165) is 38.5 Å². The van der Waals surface area contributed by atoms with Crippen LogP contribution in [0, 0.1) is 23.7 Å². The topological polar surface area (TPSA) is 153 Å². The van der Waals surface area contributed by atoms with Crippen molar-refractivity contribution < 1.29 is 34.2 Å². The van der Waals surface area contributed by atoms with Crippen LogP contribution in [0.1, 0.15) is 70.6 Å². The first-order valence-corrected chi connectivity index (χ1v) is 12.8. The lowest BCUT2D eigenvalue weighted by atomic mass is 9.81. The summed E-state index contributed by atoms with van der Waals surface area (Å²) in [7, 11) is 1.45. The average molecular weight is 512 g/mol. The molecular weight excluding hydrogens is 474 g/mol. The number of carbonyl (C=O) groups is 5. The van der Waals surface area contributed by atoms with Crippen molar-refractivity contribution in [2.75, 3.05) is 20.1 Å². The average Bonchev–Trinajstić information content (AvgIpc) is 3.08. The van der Waals surface area contributed by atoms with Gasteiger partial charge in [-0.1, -0.05) is 18.6 Å². The maximum Gasteiger partial charge on any atom is 0.307 e. The van der Waals surface area contributed by atoms with Crippen LogP contribution in [0.5, 0.6) is 0 Å². The monoisotopic (exact) mass is 511 g/mol. The number of carboxylic acid groups (broad SMARTS) is 2. The fourth-order valence-corrected chi connectivity index (χ4v) is 5.22. The minimum atomic E-state index is -1.07. The Balaban J connectivity index is 1.75. The molecule has 1 aliphatic heterocycles. The first-order valence-electron chi connectivity index (χ1n) is 12.4. The minimum absolute atomic E-state index is 0.0327. The number of unbranched alkanes of at least 4 members (excludes halogenated alkanes) is 2. The first-order chi connectivity index (χ1) is 16.6. The van der Waals surface area contributed by atoms with E-state index in [9.17, 15) is 29.1 Å². The highest BCUT2D eigenvalue weighted by Gasteiger charge is 2.39. The van der Waals surface area contributed by atoms with Gasteiger partial charge in [0.05, 0.1) is 10.9 Å². The third-order valence-electron chi connectivity index (χ3n) is 6.99. The van der Waals surface area contributed by atoms with Gasteiger partial charge in [-0.2, -0.15) is 0 Å². The highest BCUT2D eigenvalue weighted by Crippen LogP contribution is 2.34. The third-order valence-corrected chi connectivity index (χ3v) is 7.54. The van der Waals surface area contributed by atoms with Gasteiger partial charge in [0.15, 0.2) is 0 Å². The van der Waals surface area contributed by atoms with Crippen LogP contribution in [0.25, 0.3) is 0 Å². The molecule has 4 N–H and O–H groups in total. The van der Waals surface area contributed by atoms with Crippen molar-refractivity contribution in [1.29, 1.82) is 0 Å². The number of nitrogens with one attached hydrogen (secondary N) is 2. The molecule has 2 atom stereocenters. The summed E-state index contributed by atoms with van der Waals surface area (Å²) in [5, 5.41) is 23.5. The molecule has 0 spiro atoms. The summed E-state index contributed by atoms with van der Waals surface area (Å²) in [5.74, 6) is -3.38. The molecule has 2 rings (SSSR count). The molecular formula is C24H37N3O7S. The van der Waals surface area contributed by atoms with Crippen LogP contribution in [0.2, 0.25) is 0 Å². The second-order valence-electron chi connectivity index (χ2n) is 9.60. The Labute approximate surface area is 211 Å². The SMILES string of the molecule is CNC(=O)CC(CC1CC(=O)N(CC2CCC(C(=O)NCCCCCC(=O)O)CC2)C1=S)C(=O)O. The van der Waals surface area contributed by atoms with Crippen molar-refractivity contribution in [2.45, 2.75) is 70.6 Å². The fraction of sp³-hybridized carbons (Fsp3) is 0.750. The summed E-state index contributed by atoms with van der Waals surface area (Å²) in [6.07, 6.45) is 5.56. The number of likely N-dealkylation sites (tertiary alicyclic amines) is 1. The number of thiocarbonyl (C=S) groups is 1. The Hall–Kier alpha value is -2.56. The summed E-state index contributed by atoms with van der Waals surface area (Å²) in [6, 6.07) is 0. The predicted molar refractivity (Wildman–Crippen MR) is 131 cm³/mol. The second kappa shape index (κ2) is 14.1. The molecule has 10 nitrogen and oxygen atoms in total. The number of aliphatic carboxylic acids is 2. The molecule has 2 unspecified atom stereocenters. The number of hydrogen-bond acceptors (Lipinski definition) is 6. The summed E-state index contributed by atoms with van der Waals surface area (Å²) in [4.78, 5) is 60.8. The van der Waals surface area contributed by atoms with Gasteiger partial charge in [0.25, 0.3) is 0 Å². The summed E-state index contributed by atoms with van der Waals surface area (Å²) >= 11 is 5.53. The molecule has 1 aliphatic carbocycles. The van der Waals surface area contributed by atoms with E-state index in [1.807, 2.05) is 0 Å². The summed E-state index contributed by atoms with van der Waals surface area (Å²) in [6.45, 7) is 1.03. The Morgan fingerprint density at radius 3 is 2.37 bits per heavy atom. The Kier molecular flexibility index (Phi) is 11.6. The first kappa shape index (κ1) is 28.7. The zero-order valence-electron chi connectivity index (χ0n) is 20.3. The predicted octanol–water partition coefficient (Wildman–Crippen LogP) is 1.96. The maximum atomic E-state index is 12.6. The van der Waals surface area contributed by atoms with E-state index in [-0.39, 0.29) is 61.2 Å².